The molecule has 0 spiro atoms. The van der Waals surface area contributed by atoms with Crippen LogP contribution in [0.3, 0.4) is 0 Å². The Morgan fingerprint density at radius 3 is 2.57 bits per heavy atom. The van der Waals surface area contributed by atoms with Gasteiger partial charge in [-0.05, 0) is 24.8 Å². The molecule has 0 bridgehead atoms. The standard InChI is InChI=1S/C22H30O8/c1-26-17(23)11-14-7-8-16-20(28-14)19(25)22-21(30-16)18(24)15(29-22)9-10-27-12-13-5-3-2-4-6-13/h2-6,14-16,18-22,24-25H,7-12H2,1H3/t14?,15?,16?,18-,19?,20+,21+,22?/m1/s1. The Hall–Kier alpha value is -1.55. The summed E-state index contributed by atoms with van der Waals surface area (Å²) in [4.78, 5) is 11.5. The number of ether oxygens (including phenoxy) is 5. The third kappa shape index (κ3) is 4.69. The van der Waals surface area contributed by atoms with Crippen molar-refractivity contribution < 1.29 is 38.7 Å². The summed E-state index contributed by atoms with van der Waals surface area (Å²) in [6.45, 7) is 0.923. The maximum absolute atomic E-state index is 11.5. The minimum Gasteiger partial charge on any atom is -0.469 e. The van der Waals surface area contributed by atoms with Gasteiger partial charge in [-0.25, -0.2) is 0 Å². The number of hydrogen-bond donors (Lipinski definition) is 2. The lowest BCUT2D eigenvalue weighted by molar-refractivity contribution is -0.259. The normalized spacial score (nSPS) is 38.0. The van der Waals surface area contributed by atoms with Crippen molar-refractivity contribution in [2.75, 3.05) is 13.7 Å². The summed E-state index contributed by atoms with van der Waals surface area (Å²) in [6, 6.07) is 9.87. The van der Waals surface area contributed by atoms with E-state index in [0.29, 0.717) is 32.5 Å². The van der Waals surface area contributed by atoms with E-state index in [1.165, 1.54) is 7.11 Å². The molecule has 4 rings (SSSR count). The highest BCUT2D eigenvalue weighted by Gasteiger charge is 2.56. The molecule has 0 aliphatic carbocycles. The van der Waals surface area contributed by atoms with E-state index >= 15 is 0 Å². The zero-order valence-electron chi connectivity index (χ0n) is 17.1. The number of carbonyl (C=O) groups excluding carboxylic acids is 1. The molecule has 1 aromatic rings. The quantitative estimate of drug-likeness (QED) is 0.495. The van der Waals surface area contributed by atoms with E-state index in [1.54, 1.807) is 0 Å². The first-order valence-corrected chi connectivity index (χ1v) is 10.6. The molecule has 0 amide bonds. The van der Waals surface area contributed by atoms with Gasteiger partial charge in [0.25, 0.3) is 0 Å². The van der Waals surface area contributed by atoms with Gasteiger partial charge < -0.3 is 33.9 Å². The van der Waals surface area contributed by atoms with Gasteiger partial charge in [-0.15, -0.1) is 0 Å². The Kier molecular flexibility index (Phi) is 7.02. The van der Waals surface area contributed by atoms with Gasteiger partial charge >= 0.3 is 5.97 Å². The van der Waals surface area contributed by atoms with Gasteiger partial charge in [0.15, 0.2) is 0 Å². The van der Waals surface area contributed by atoms with E-state index in [0.717, 1.165) is 5.56 Å². The Balaban J connectivity index is 1.29. The van der Waals surface area contributed by atoms with Crippen molar-refractivity contribution in [2.24, 2.45) is 0 Å². The Bertz CT molecular complexity index is 698. The van der Waals surface area contributed by atoms with Crippen LogP contribution in [0.15, 0.2) is 30.3 Å². The average Bonchev–Trinajstić information content (AvgIpc) is 3.08. The summed E-state index contributed by atoms with van der Waals surface area (Å²) in [5, 5.41) is 21.5. The van der Waals surface area contributed by atoms with Crippen LogP contribution in [0, 0.1) is 0 Å². The molecule has 3 aliphatic rings. The van der Waals surface area contributed by atoms with Crippen LogP contribution in [0.2, 0.25) is 0 Å². The first-order chi connectivity index (χ1) is 14.6. The molecule has 0 radical (unpaired) electrons. The van der Waals surface area contributed by atoms with E-state index in [9.17, 15) is 15.0 Å². The van der Waals surface area contributed by atoms with E-state index in [2.05, 4.69) is 0 Å². The van der Waals surface area contributed by atoms with Gasteiger partial charge in [-0.2, -0.15) is 0 Å². The number of aliphatic hydroxyl groups excluding tert-OH is 2. The van der Waals surface area contributed by atoms with Crippen molar-refractivity contribution >= 4 is 5.97 Å². The maximum atomic E-state index is 11.5. The van der Waals surface area contributed by atoms with Gasteiger partial charge in [-0.3, -0.25) is 4.79 Å². The molecule has 0 saturated carbocycles. The van der Waals surface area contributed by atoms with E-state index in [-0.39, 0.29) is 24.6 Å². The molecular formula is C22H30O8. The molecule has 166 valence electrons. The van der Waals surface area contributed by atoms with E-state index in [1.807, 2.05) is 30.3 Å². The van der Waals surface area contributed by atoms with Crippen LogP contribution in [0.1, 0.15) is 31.2 Å². The van der Waals surface area contributed by atoms with Crippen LogP contribution < -0.4 is 0 Å². The molecule has 3 saturated heterocycles. The molecule has 5 unspecified atom stereocenters. The molecule has 3 aliphatic heterocycles. The smallest absolute Gasteiger partial charge is 0.308 e. The summed E-state index contributed by atoms with van der Waals surface area (Å²) < 4.78 is 28.4. The van der Waals surface area contributed by atoms with Crippen LogP contribution in [0.4, 0.5) is 0 Å². The molecule has 3 heterocycles. The van der Waals surface area contributed by atoms with Gasteiger partial charge in [0.1, 0.15) is 30.5 Å². The summed E-state index contributed by atoms with van der Waals surface area (Å²) in [5.74, 6) is -0.342. The number of esters is 1. The van der Waals surface area contributed by atoms with Crippen LogP contribution >= 0.6 is 0 Å². The van der Waals surface area contributed by atoms with Gasteiger partial charge in [-0.1, -0.05) is 30.3 Å². The number of hydrogen-bond acceptors (Lipinski definition) is 8. The second-order valence-corrected chi connectivity index (χ2v) is 8.17. The third-order valence-corrected chi connectivity index (χ3v) is 6.15. The average molecular weight is 422 g/mol. The number of aliphatic hydroxyl groups is 2. The predicted octanol–water partition coefficient (Wildman–Crippen LogP) is 0.961. The molecule has 8 heteroatoms. The van der Waals surface area contributed by atoms with Crippen molar-refractivity contribution in [3.63, 3.8) is 0 Å². The minimum atomic E-state index is -0.931. The fraction of sp³-hybridized carbons (Fsp3) is 0.682. The lowest BCUT2D eigenvalue weighted by atomic mass is 9.88. The van der Waals surface area contributed by atoms with Crippen molar-refractivity contribution in [1.82, 2.24) is 0 Å². The van der Waals surface area contributed by atoms with E-state index in [4.69, 9.17) is 23.7 Å². The largest absolute Gasteiger partial charge is 0.469 e. The molecule has 0 aromatic heterocycles. The van der Waals surface area contributed by atoms with Gasteiger partial charge in [0.2, 0.25) is 0 Å². The van der Waals surface area contributed by atoms with Crippen LogP contribution in [0.5, 0.6) is 0 Å². The first-order valence-electron chi connectivity index (χ1n) is 10.6. The highest BCUT2D eigenvalue weighted by molar-refractivity contribution is 5.69. The molecule has 1 aromatic carbocycles. The second kappa shape index (κ2) is 9.72. The molecule has 2 N–H and O–H groups in total. The van der Waals surface area contributed by atoms with Crippen LogP contribution in [-0.4, -0.2) is 78.7 Å². The number of rotatable bonds is 7. The summed E-state index contributed by atoms with van der Waals surface area (Å²) in [7, 11) is 1.34. The summed E-state index contributed by atoms with van der Waals surface area (Å²) in [5.41, 5.74) is 1.08. The van der Waals surface area contributed by atoms with Crippen LogP contribution in [-0.2, 0) is 35.1 Å². The van der Waals surface area contributed by atoms with Crippen molar-refractivity contribution in [3.05, 3.63) is 35.9 Å². The number of benzene rings is 1. The maximum Gasteiger partial charge on any atom is 0.308 e. The molecule has 8 nitrogen and oxygen atoms in total. The summed E-state index contributed by atoms with van der Waals surface area (Å²) >= 11 is 0. The highest BCUT2D eigenvalue weighted by Crippen LogP contribution is 2.39. The zero-order chi connectivity index (χ0) is 21.1. The minimum absolute atomic E-state index is 0.144. The predicted molar refractivity (Wildman–Crippen MR) is 105 cm³/mol. The van der Waals surface area contributed by atoms with Crippen molar-refractivity contribution in [3.8, 4) is 0 Å². The lowest BCUT2D eigenvalue weighted by Crippen LogP contribution is -2.61. The van der Waals surface area contributed by atoms with E-state index < -0.39 is 36.6 Å². The number of carbonyl (C=O) groups is 1. The Labute approximate surface area is 176 Å². The second-order valence-electron chi connectivity index (χ2n) is 8.17. The fourth-order valence-electron chi connectivity index (χ4n) is 4.55. The topological polar surface area (TPSA) is 104 Å². The Morgan fingerprint density at radius 2 is 1.80 bits per heavy atom. The molecule has 3 fully saturated rings. The Morgan fingerprint density at radius 1 is 1.03 bits per heavy atom. The summed E-state index contributed by atoms with van der Waals surface area (Å²) in [6.07, 6.45) is -2.83. The van der Waals surface area contributed by atoms with Gasteiger partial charge in [0, 0.05) is 6.61 Å². The first kappa shape index (κ1) is 21.7. The number of methoxy groups -OCH3 is 1. The van der Waals surface area contributed by atoms with Gasteiger partial charge in [0.05, 0.1) is 38.4 Å². The number of fused-ring (bicyclic) bond motifs is 2. The lowest BCUT2D eigenvalue weighted by Gasteiger charge is -2.46. The van der Waals surface area contributed by atoms with Crippen molar-refractivity contribution in [1.29, 1.82) is 0 Å². The SMILES string of the molecule is COC(=O)CC1CCC2O[C@@H]3C(OC(CCOCc4ccccc4)[C@H]3O)C(O)[C@H]2O1. The van der Waals surface area contributed by atoms with Crippen LogP contribution in [0.25, 0.3) is 0 Å². The van der Waals surface area contributed by atoms with Crippen molar-refractivity contribution in [2.45, 2.75) is 81.1 Å². The fourth-order valence-corrected chi connectivity index (χ4v) is 4.55. The zero-order valence-corrected chi connectivity index (χ0v) is 17.1. The molecule has 8 atom stereocenters. The highest BCUT2D eigenvalue weighted by atomic mass is 16.6. The molecular weight excluding hydrogens is 392 g/mol. The molecule has 30 heavy (non-hydrogen) atoms. The third-order valence-electron chi connectivity index (χ3n) is 6.15. The monoisotopic (exact) mass is 422 g/mol.